The van der Waals surface area contributed by atoms with Gasteiger partial charge < -0.3 is 0 Å². The number of rotatable bonds is 6. The van der Waals surface area contributed by atoms with E-state index in [2.05, 4.69) is 128 Å². The van der Waals surface area contributed by atoms with Gasteiger partial charge in [-0.25, -0.2) is 0 Å². The SMILES string of the molecule is CC1=C[C](C)([Zr]([O]c2ccccc2C)([O]c2ccccc2C)[C]2(C)C=C(C)C=C2C)C(C)=C1. The first-order valence-electron chi connectivity index (χ1n) is 11.8. The van der Waals surface area contributed by atoms with Crippen molar-refractivity contribution in [2.45, 2.75) is 61.6 Å². The van der Waals surface area contributed by atoms with Crippen LogP contribution in [-0.2, 0) is 21.1 Å². The Morgan fingerprint density at radius 1 is 0.576 bits per heavy atom. The molecule has 2 aromatic rings. The molecule has 0 fully saturated rings. The molecule has 0 N–H and O–H groups in total. The molecule has 2 nitrogen and oxygen atoms in total. The van der Waals surface area contributed by atoms with Crippen molar-refractivity contribution in [1.82, 2.24) is 0 Å². The molecule has 2 aliphatic carbocycles. The predicted octanol–water partition coefficient (Wildman–Crippen LogP) is 8.91. The summed E-state index contributed by atoms with van der Waals surface area (Å²) in [6.45, 7) is 17.8. The average molecular weight is 520 g/mol. The van der Waals surface area contributed by atoms with E-state index in [1.54, 1.807) is 0 Å². The summed E-state index contributed by atoms with van der Waals surface area (Å²) in [5, 5.41) is 0. The third kappa shape index (κ3) is 3.83. The zero-order chi connectivity index (χ0) is 24.0. The van der Waals surface area contributed by atoms with E-state index in [4.69, 9.17) is 5.63 Å². The van der Waals surface area contributed by atoms with Gasteiger partial charge in [0.1, 0.15) is 0 Å². The van der Waals surface area contributed by atoms with Crippen LogP contribution in [0.2, 0.25) is 6.25 Å². The molecule has 3 heteroatoms. The van der Waals surface area contributed by atoms with Crippen molar-refractivity contribution in [1.29, 1.82) is 0 Å². The molecule has 0 saturated heterocycles. The molecule has 0 amide bonds. The van der Waals surface area contributed by atoms with Gasteiger partial charge in [0.2, 0.25) is 0 Å². The molecule has 2 aliphatic rings. The van der Waals surface area contributed by atoms with Crippen LogP contribution in [0.25, 0.3) is 0 Å². The Morgan fingerprint density at radius 2 is 0.939 bits per heavy atom. The van der Waals surface area contributed by atoms with Gasteiger partial charge in [0, 0.05) is 0 Å². The zero-order valence-corrected chi connectivity index (χ0v) is 23.7. The van der Waals surface area contributed by atoms with Gasteiger partial charge in [0.25, 0.3) is 0 Å². The number of allylic oxidation sites excluding steroid dienone is 8. The Bertz CT molecular complexity index is 1120. The summed E-state index contributed by atoms with van der Waals surface area (Å²) in [6.07, 6.45) is 9.44. The van der Waals surface area contributed by atoms with Gasteiger partial charge in [0.05, 0.1) is 0 Å². The molecule has 2 unspecified atom stereocenters. The minimum absolute atomic E-state index is 0.297. The Labute approximate surface area is 205 Å². The van der Waals surface area contributed by atoms with E-state index in [-0.39, 0.29) is 6.25 Å². The summed E-state index contributed by atoms with van der Waals surface area (Å²) in [4.78, 5) is 0. The first-order chi connectivity index (χ1) is 15.5. The monoisotopic (exact) mass is 518 g/mol. The summed E-state index contributed by atoms with van der Waals surface area (Å²) in [5.41, 5.74) is 7.48. The molecule has 0 aromatic heterocycles. The number of hydrogen-bond donors (Lipinski definition) is 0. The quantitative estimate of drug-likeness (QED) is 0.379. The Hall–Kier alpha value is -2.12. The Kier molecular flexibility index (Phi) is 6.25. The fraction of sp³-hybridized carbons (Fsp3) is 0.333. The first kappa shape index (κ1) is 24.0. The standard InChI is InChI=1S/2C8H11.2C7H8O.Zr/c2*1-6-4-7(2)8(3)5-6;2*1-6-4-2-3-5-7(6)8;/h2*4-5H,1-3H3;2*2-5,8H,1H3;/q;;;;+2/p-2. The molecule has 0 bridgehead atoms. The van der Waals surface area contributed by atoms with Crippen molar-refractivity contribution >= 4 is 0 Å². The van der Waals surface area contributed by atoms with Crippen LogP contribution in [0.3, 0.4) is 0 Å². The molecule has 2 aromatic carbocycles. The second-order valence-corrected chi connectivity index (χ2v) is 19.3. The van der Waals surface area contributed by atoms with Crippen molar-refractivity contribution in [2.75, 3.05) is 0 Å². The number of hydrogen-bond acceptors (Lipinski definition) is 2. The maximum absolute atomic E-state index is 7.42. The van der Waals surface area contributed by atoms with Crippen LogP contribution < -0.4 is 5.63 Å². The maximum atomic E-state index is 7.42. The molecule has 0 aliphatic heterocycles. The van der Waals surface area contributed by atoms with E-state index in [1.165, 1.54) is 22.3 Å². The summed E-state index contributed by atoms with van der Waals surface area (Å²) in [7, 11) is 0. The number of para-hydroxylation sites is 2. The van der Waals surface area contributed by atoms with Crippen LogP contribution in [0, 0.1) is 13.8 Å². The van der Waals surface area contributed by atoms with Crippen molar-refractivity contribution in [3.63, 3.8) is 0 Å². The molecule has 172 valence electrons. The van der Waals surface area contributed by atoms with Crippen LogP contribution in [-0.4, -0.2) is 0 Å². The minimum atomic E-state index is -4.33. The Morgan fingerprint density at radius 3 is 1.24 bits per heavy atom. The van der Waals surface area contributed by atoms with E-state index in [0.29, 0.717) is 0 Å². The topological polar surface area (TPSA) is 18.5 Å². The fourth-order valence-corrected chi connectivity index (χ4v) is 18.0. The molecule has 4 rings (SSSR count). The van der Waals surface area contributed by atoms with Crippen molar-refractivity contribution < 1.29 is 26.8 Å². The normalized spacial score (nSPS) is 24.7. The third-order valence-corrected chi connectivity index (χ3v) is 19.5. The molecule has 2 atom stereocenters. The van der Waals surface area contributed by atoms with Crippen LogP contribution >= 0.6 is 0 Å². The van der Waals surface area contributed by atoms with E-state index < -0.39 is 21.1 Å². The van der Waals surface area contributed by atoms with Gasteiger partial charge in [-0.15, -0.1) is 0 Å². The third-order valence-electron chi connectivity index (χ3n) is 7.62. The summed E-state index contributed by atoms with van der Waals surface area (Å²) >= 11 is -4.33. The van der Waals surface area contributed by atoms with Gasteiger partial charge in [-0.05, 0) is 0 Å². The molecular formula is C30H36O2Zr. The van der Waals surface area contributed by atoms with Gasteiger partial charge in [-0.2, -0.15) is 0 Å². The van der Waals surface area contributed by atoms with Crippen molar-refractivity contribution in [3.05, 3.63) is 106 Å². The van der Waals surface area contributed by atoms with Gasteiger partial charge >= 0.3 is 206 Å². The molecule has 0 heterocycles. The molecule has 0 saturated carbocycles. The molecule has 0 radical (unpaired) electrons. The van der Waals surface area contributed by atoms with Gasteiger partial charge in [0.15, 0.2) is 0 Å². The molecule has 0 spiro atoms. The molecular weight excluding hydrogens is 484 g/mol. The van der Waals surface area contributed by atoms with Gasteiger partial charge in [-0.1, -0.05) is 0 Å². The number of aryl methyl sites for hydroxylation is 2. The summed E-state index contributed by atoms with van der Waals surface area (Å²) in [6, 6.07) is 16.7. The Balaban J connectivity index is 2.06. The van der Waals surface area contributed by atoms with Crippen molar-refractivity contribution in [3.8, 4) is 11.5 Å². The van der Waals surface area contributed by atoms with E-state index >= 15 is 0 Å². The average Bonchev–Trinajstić information content (AvgIpc) is 3.18. The van der Waals surface area contributed by atoms with Crippen LogP contribution in [0.15, 0.2) is 95.1 Å². The van der Waals surface area contributed by atoms with E-state index in [1.807, 2.05) is 0 Å². The van der Waals surface area contributed by atoms with E-state index in [0.717, 1.165) is 22.6 Å². The number of benzene rings is 2. The van der Waals surface area contributed by atoms with Gasteiger partial charge in [-0.3, -0.25) is 0 Å². The molecule has 33 heavy (non-hydrogen) atoms. The summed E-state index contributed by atoms with van der Waals surface area (Å²) < 4.78 is 14.2. The second-order valence-electron chi connectivity index (χ2n) is 10.2. The predicted molar refractivity (Wildman–Crippen MR) is 135 cm³/mol. The zero-order valence-electron chi connectivity index (χ0n) is 21.2. The van der Waals surface area contributed by atoms with E-state index in [9.17, 15) is 0 Å². The first-order valence-corrected chi connectivity index (χ1v) is 16.2. The fourth-order valence-electron chi connectivity index (χ4n) is 5.55. The second kappa shape index (κ2) is 8.59. The van der Waals surface area contributed by atoms with Crippen LogP contribution in [0.1, 0.15) is 52.7 Å². The van der Waals surface area contributed by atoms with Crippen LogP contribution in [0.5, 0.6) is 11.5 Å². The van der Waals surface area contributed by atoms with Crippen LogP contribution in [0.4, 0.5) is 0 Å². The summed E-state index contributed by atoms with van der Waals surface area (Å²) in [5.74, 6) is 1.86. The van der Waals surface area contributed by atoms with Crippen molar-refractivity contribution in [2.24, 2.45) is 0 Å².